The van der Waals surface area contributed by atoms with E-state index in [-0.39, 0.29) is 0 Å². The Bertz CT molecular complexity index is 397. The van der Waals surface area contributed by atoms with Gasteiger partial charge in [-0.05, 0) is 51.5 Å². The summed E-state index contributed by atoms with van der Waals surface area (Å²) in [6.45, 7) is 2.32. The predicted molar refractivity (Wildman–Crippen MR) is 76.8 cm³/mol. The van der Waals surface area contributed by atoms with Crippen molar-refractivity contribution in [3.63, 3.8) is 0 Å². The van der Waals surface area contributed by atoms with Crippen molar-refractivity contribution in [1.82, 2.24) is 4.90 Å². The van der Waals surface area contributed by atoms with Crippen LogP contribution in [0.4, 0.5) is 5.69 Å². The average Bonchev–Trinajstić information content (AvgIpc) is 2.57. The SMILES string of the molecule is COc1ccc(Cl)c(NC2CCCN(C)CC2)c1. The number of nitrogens with zero attached hydrogens (tertiary/aromatic N) is 1. The van der Waals surface area contributed by atoms with Crippen LogP contribution in [0.1, 0.15) is 19.3 Å². The van der Waals surface area contributed by atoms with E-state index in [0.29, 0.717) is 6.04 Å². The molecule has 0 amide bonds. The highest BCUT2D eigenvalue weighted by Crippen LogP contribution is 2.28. The fraction of sp³-hybridized carbons (Fsp3) is 0.571. The van der Waals surface area contributed by atoms with Crippen molar-refractivity contribution in [1.29, 1.82) is 0 Å². The fourth-order valence-corrected chi connectivity index (χ4v) is 2.52. The molecule has 1 aromatic carbocycles. The molecule has 4 heteroatoms. The van der Waals surface area contributed by atoms with Crippen LogP contribution in [0.25, 0.3) is 0 Å². The van der Waals surface area contributed by atoms with Crippen LogP contribution < -0.4 is 10.1 Å². The van der Waals surface area contributed by atoms with E-state index < -0.39 is 0 Å². The van der Waals surface area contributed by atoms with Crippen molar-refractivity contribution in [2.24, 2.45) is 0 Å². The zero-order valence-electron chi connectivity index (χ0n) is 11.1. The Balaban J connectivity index is 2.03. The van der Waals surface area contributed by atoms with E-state index in [9.17, 15) is 0 Å². The number of benzene rings is 1. The molecule has 0 aliphatic carbocycles. The molecule has 1 saturated heterocycles. The second kappa shape index (κ2) is 6.30. The van der Waals surface area contributed by atoms with Crippen LogP contribution in [-0.4, -0.2) is 38.2 Å². The zero-order chi connectivity index (χ0) is 13.0. The second-order valence-corrected chi connectivity index (χ2v) is 5.33. The highest BCUT2D eigenvalue weighted by atomic mass is 35.5. The van der Waals surface area contributed by atoms with Gasteiger partial charge in [0.1, 0.15) is 5.75 Å². The van der Waals surface area contributed by atoms with E-state index in [4.69, 9.17) is 16.3 Å². The summed E-state index contributed by atoms with van der Waals surface area (Å²) in [6.07, 6.45) is 3.58. The Morgan fingerprint density at radius 2 is 2.17 bits per heavy atom. The van der Waals surface area contributed by atoms with Gasteiger partial charge >= 0.3 is 0 Å². The lowest BCUT2D eigenvalue weighted by Gasteiger charge is -2.19. The molecule has 2 rings (SSSR count). The molecule has 1 unspecified atom stereocenters. The molecule has 0 spiro atoms. The van der Waals surface area contributed by atoms with Crippen molar-refractivity contribution >= 4 is 17.3 Å². The summed E-state index contributed by atoms with van der Waals surface area (Å²) in [6, 6.07) is 6.23. The van der Waals surface area contributed by atoms with Crippen molar-refractivity contribution in [2.75, 3.05) is 32.6 Å². The van der Waals surface area contributed by atoms with E-state index in [1.807, 2.05) is 18.2 Å². The number of anilines is 1. The van der Waals surface area contributed by atoms with Crippen molar-refractivity contribution in [3.05, 3.63) is 23.2 Å². The maximum absolute atomic E-state index is 6.21. The third-order valence-corrected chi connectivity index (χ3v) is 3.81. The molecule has 1 aromatic rings. The van der Waals surface area contributed by atoms with E-state index in [0.717, 1.165) is 29.4 Å². The van der Waals surface area contributed by atoms with Crippen LogP contribution >= 0.6 is 11.6 Å². The summed E-state index contributed by atoms with van der Waals surface area (Å²) < 4.78 is 5.23. The summed E-state index contributed by atoms with van der Waals surface area (Å²) in [5.41, 5.74) is 0.977. The van der Waals surface area contributed by atoms with Crippen LogP contribution in [0.15, 0.2) is 18.2 Å². The minimum absolute atomic E-state index is 0.500. The lowest BCUT2D eigenvalue weighted by molar-refractivity contribution is 0.348. The smallest absolute Gasteiger partial charge is 0.121 e. The first-order chi connectivity index (χ1) is 8.69. The van der Waals surface area contributed by atoms with Crippen molar-refractivity contribution in [2.45, 2.75) is 25.3 Å². The Morgan fingerprint density at radius 1 is 1.33 bits per heavy atom. The van der Waals surface area contributed by atoms with Gasteiger partial charge in [-0.25, -0.2) is 0 Å². The third-order valence-electron chi connectivity index (χ3n) is 3.48. The normalized spacial score (nSPS) is 21.4. The molecule has 3 nitrogen and oxygen atoms in total. The van der Waals surface area contributed by atoms with Crippen LogP contribution in [-0.2, 0) is 0 Å². The Kier molecular flexibility index (Phi) is 4.72. The summed E-state index contributed by atoms with van der Waals surface area (Å²) in [5.74, 6) is 0.840. The largest absolute Gasteiger partial charge is 0.497 e. The van der Waals surface area contributed by atoms with Gasteiger partial charge < -0.3 is 15.0 Å². The topological polar surface area (TPSA) is 24.5 Å². The Labute approximate surface area is 114 Å². The van der Waals surface area contributed by atoms with E-state index in [1.54, 1.807) is 7.11 Å². The molecular formula is C14H21ClN2O. The molecule has 1 atom stereocenters. The average molecular weight is 269 g/mol. The van der Waals surface area contributed by atoms with Gasteiger partial charge in [-0.15, -0.1) is 0 Å². The molecule has 1 aliphatic heterocycles. The van der Waals surface area contributed by atoms with Crippen LogP contribution in [0.5, 0.6) is 5.75 Å². The molecule has 1 N–H and O–H groups in total. The molecule has 0 radical (unpaired) electrons. The van der Waals surface area contributed by atoms with E-state index in [1.165, 1.54) is 19.4 Å². The van der Waals surface area contributed by atoms with Crippen molar-refractivity contribution in [3.8, 4) is 5.75 Å². The molecule has 0 saturated carbocycles. The molecule has 1 aliphatic rings. The van der Waals surface area contributed by atoms with Gasteiger partial charge in [0.15, 0.2) is 0 Å². The number of likely N-dealkylation sites (tertiary alicyclic amines) is 1. The summed E-state index contributed by atoms with van der Waals surface area (Å²) in [7, 11) is 3.86. The van der Waals surface area contributed by atoms with Crippen LogP contribution in [0, 0.1) is 0 Å². The standard InChI is InChI=1S/C14H21ClN2O/c1-17-8-3-4-11(7-9-17)16-14-10-12(18-2)5-6-13(14)15/h5-6,10-11,16H,3-4,7-9H2,1-2H3. The minimum Gasteiger partial charge on any atom is -0.497 e. The molecule has 1 heterocycles. The summed E-state index contributed by atoms with van der Waals surface area (Å²) in [5, 5.41) is 4.30. The first-order valence-corrected chi connectivity index (χ1v) is 6.85. The lowest BCUT2D eigenvalue weighted by atomic mass is 10.1. The highest BCUT2D eigenvalue weighted by molar-refractivity contribution is 6.33. The summed E-state index contributed by atoms with van der Waals surface area (Å²) >= 11 is 6.21. The highest BCUT2D eigenvalue weighted by Gasteiger charge is 2.15. The van der Waals surface area contributed by atoms with Gasteiger partial charge in [-0.2, -0.15) is 0 Å². The molecular weight excluding hydrogens is 248 g/mol. The van der Waals surface area contributed by atoms with Crippen LogP contribution in [0.2, 0.25) is 5.02 Å². The van der Waals surface area contributed by atoms with Gasteiger partial charge in [0.2, 0.25) is 0 Å². The minimum atomic E-state index is 0.500. The third kappa shape index (κ3) is 3.53. The number of nitrogens with one attached hydrogen (secondary N) is 1. The molecule has 100 valence electrons. The number of methoxy groups -OCH3 is 1. The van der Waals surface area contributed by atoms with Crippen LogP contribution in [0.3, 0.4) is 0 Å². The zero-order valence-corrected chi connectivity index (χ0v) is 11.8. The van der Waals surface area contributed by atoms with E-state index >= 15 is 0 Å². The molecule has 18 heavy (non-hydrogen) atoms. The maximum atomic E-state index is 6.21. The predicted octanol–water partition coefficient (Wildman–Crippen LogP) is 3.24. The van der Waals surface area contributed by atoms with Gasteiger partial charge in [0, 0.05) is 12.1 Å². The maximum Gasteiger partial charge on any atom is 0.121 e. The van der Waals surface area contributed by atoms with Gasteiger partial charge in [-0.1, -0.05) is 11.6 Å². The number of rotatable bonds is 3. The lowest BCUT2D eigenvalue weighted by Crippen LogP contribution is -2.23. The molecule has 0 bridgehead atoms. The monoisotopic (exact) mass is 268 g/mol. The number of halogens is 1. The first-order valence-electron chi connectivity index (χ1n) is 6.47. The Morgan fingerprint density at radius 3 is 2.94 bits per heavy atom. The van der Waals surface area contributed by atoms with Gasteiger partial charge in [0.25, 0.3) is 0 Å². The summed E-state index contributed by atoms with van der Waals surface area (Å²) in [4.78, 5) is 2.38. The Hall–Kier alpha value is -0.930. The quantitative estimate of drug-likeness (QED) is 0.911. The number of hydrogen-bond acceptors (Lipinski definition) is 3. The van der Waals surface area contributed by atoms with Gasteiger partial charge in [-0.3, -0.25) is 0 Å². The fourth-order valence-electron chi connectivity index (χ4n) is 2.35. The second-order valence-electron chi connectivity index (χ2n) is 4.92. The molecule has 1 fully saturated rings. The molecule has 0 aromatic heterocycles. The van der Waals surface area contributed by atoms with E-state index in [2.05, 4.69) is 17.3 Å². The number of hydrogen-bond donors (Lipinski definition) is 1. The van der Waals surface area contributed by atoms with Gasteiger partial charge in [0.05, 0.1) is 17.8 Å². The number of ether oxygens (including phenoxy) is 1. The van der Waals surface area contributed by atoms with Crippen molar-refractivity contribution < 1.29 is 4.74 Å². The first kappa shape index (κ1) is 13.5.